The quantitative estimate of drug-likeness (QED) is 0.835. The summed E-state index contributed by atoms with van der Waals surface area (Å²) >= 11 is 3.58. The molecule has 2 aliphatic rings. The van der Waals surface area contributed by atoms with Crippen LogP contribution in [0.3, 0.4) is 0 Å². The number of carbonyl (C=O) groups excluding carboxylic acids is 1. The van der Waals surface area contributed by atoms with Crippen molar-refractivity contribution in [2.24, 2.45) is 5.41 Å². The van der Waals surface area contributed by atoms with Gasteiger partial charge >= 0.3 is 0 Å². The number of phenolic OH excluding ortho intramolecular Hbond substituents is 1. The Morgan fingerprint density at radius 1 is 1.29 bits per heavy atom. The number of phenols is 1. The highest BCUT2D eigenvalue weighted by molar-refractivity contribution is 9.12. The highest BCUT2D eigenvalue weighted by Gasteiger charge is 2.43. The number of Topliss-reactive ketones (excluding diaryl/α,β-unsaturated/α-hetero) is 1. The molecule has 2 aliphatic carbocycles. The largest absolute Gasteiger partial charge is 0.508 e. The SMILES string of the molecule is CCCC[C@]12CCC(=O)C(Br)=C1c1ccc(O)cc1CC2. The number of halogens is 1. The second kappa shape index (κ2) is 5.60. The van der Waals surface area contributed by atoms with Gasteiger partial charge in [0, 0.05) is 6.42 Å². The molecule has 0 heterocycles. The van der Waals surface area contributed by atoms with Gasteiger partial charge in [-0.1, -0.05) is 25.8 Å². The molecule has 1 aromatic rings. The zero-order valence-corrected chi connectivity index (χ0v) is 14.0. The number of aromatic hydroxyl groups is 1. The van der Waals surface area contributed by atoms with Crippen LogP contribution in [-0.4, -0.2) is 10.9 Å². The number of aryl methyl sites for hydroxylation is 1. The van der Waals surface area contributed by atoms with Crippen LogP contribution < -0.4 is 0 Å². The summed E-state index contributed by atoms with van der Waals surface area (Å²) in [4.78, 5) is 12.2. The van der Waals surface area contributed by atoms with Gasteiger partial charge in [-0.15, -0.1) is 0 Å². The van der Waals surface area contributed by atoms with Gasteiger partial charge < -0.3 is 5.11 Å². The minimum atomic E-state index is 0.146. The summed E-state index contributed by atoms with van der Waals surface area (Å²) in [5.41, 5.74) is 3.68. The van der Waals surface area contributed by atoms with Crippen molar-refractivity contribution in [2.75, 3.05) is 0 Å². The number of hydrogen-bond acceptors (Lipinski definition) is 2. The molecule has 0 radical (unpaired) electrons. The minimum Gasteiger partial charge on any atom is -0.508 e. The summed E-state index contributed by atoms with van der Waals surface area (Å²) in [5, 5.41) is 9.71. The number of fused-ring (bicyclic) bond motifs is 3. The third-order valence-corrected chi connectivity index (χ3v) is 5.90. The van der Waals surface area contributed by atoms with Gasteiger partial charge in [0.15, 0.2) is 5.78 Å². The van der Waals surface area contributed by atoms with Gasteiger partial charge in [0.05, 0.1) is 4.48 Å². The second-order valence-corrected chi connectivity index (χ2v) is 7.13. The molecule has 2 nitrogen and oxygen atoms in total. The van der Waals surface area contributed by atoms with Crippen LogP contribution in [0.4, 0.5) is 0 Å². The molecule has 1 N–H and O–H groups in total. The monoisotopic (exact) mass is 348 g/mol. The summed E-state index contributed by atoms with van der Waals surface area (Å²) in [6, 6.07) is 5.58. The molecule has 0 saturated heterocycles. The molecule has 1 aromatic carbocycles. The first-order valence-electron chi connectivity index (χ1n) is 7.83. The standard InChI is InChI=1S/C18H21BrO2/c1-2-3-8-18-9-6-12-11-13(20)4-5-14(12)16(18)17(19)15(21)7-10-18/h4-5,11,20H,2-3,6-10H2,1H3/t18-/m0/s1. The number of allylic oxidation sites excluding steroid dienone is 2. The topological polar surface area (TPSA) is 37.3 Å². The Labute approximate surface area is 134 Å². The van der Waals surface area contributed by atoms with Gasteiger partial charge in [-0.05, 0) is 75.9 Å². The van der Waals surface area contributed by atoms with Gasteiger partial charge in [-0.2, -0.15) is 0 Å². The molecule has 0 spiro atoms. The fourth-order valence-electron chi connectivity index (χ4n) is 3.91. The van der Waals surface area contributed by atoms with Crippen LogP contribution in [0.15, 0.2) is 22.7 Å². The second-order valence-electron chi connectivity index (χ2n) is 6.34. The Morgan fingerprint density at radius 2 is 2.05 bits per heavy atom. The van der Waals surface area contributed by atoms with Crippen LogP contribution in [0.1, 0.15) is 56.6 Å². The molecule has 0 aliphatic heterocycles. The van der Waals surface area contributed by atoms with Crippen LogP contribution in [-0.2, 0) is 11.2 Å². The zero-order chi connectivity index (χ0) is 15.0. The molecule has 0 saturated carbocycles. The third kappa shape index (κ3) is 2.46. The molecule has 0 aromatic heterocycles. The maximum absolute atomic E-state index is 12.2. The third-order valence-electron chi connectivity index (χ3n) is 5.07. The Hall–Kier alpha value is -1.09. The Morgan fingerprint density at radius 3 is 2.81 bits per heavy atom. The maximum atomic E-state index is 12.2. The number of unbranched alkanes of at least 4 members (excludes halogenated alkanes) is 1. The average molecular weight is 349 g/mol. The number of benzene rings is 1. The van der Waals surface area contributed by atoms with Crippen molar-refractivity contribution in [3.05, 3.63) is 33.8 Å². The number of hydrogen-bond donors (Lipinski definition) is 1. The van der Waals surface area contributed by atoms with Crippen LogP contribution >= 0.6 is 15.9 Å². The Kier molecular flexibility index (Phi) is 3.96. The molecule has 0 amide bonds. The lowest BCUT2D eigenvalue weighted by Gasteiger charge is -2.44. The highest BCUT2D eigenvalue weighted by atomic mass is 79.9. The van der Waals surface area contributed by atoms with E-state index in [4.69, 9.17) is 0 Å². The molecular formula is C18H21BrO2. The molecule has 21 heavy (non-hydrogen) atoms. The van der Waals surface area contributed by atoms with E-state index < -0.39 is 0 Å². The molecule has 0 unspecified atom stereocenters. The first-order valence-corrected chi connectivity index (χ1v) is 8.62. The summed E-state index contributed by atoms with van der Waals surface area (Å²) in [7, 11) is 0. The predicted octanol–water partition coefficient (Wildman–Crippen LogP) is 4.98. The van der Waals surface area contributed by atoms with E-state index in [0.29, 0.717) is 12.2 Å². The minimum absolute atomic E-state index is 0.146. The van der Waals surface area contributed by atoms with Gasteiger partial charge in [-0.3, -0.25) is 4.79 Å². The normalized spacial score (nSPS) is 24.8. The maximum Gasteiger partial charge on any atom is 0.170 e. The van der Waals surface area contributed by atoms with E-state index in [2.05, 4.69) is 22.9 Å². The molecule has 112 valence electrons. The summed E-state index contributed by atoms with van der Waals surface area (Å²) in [6.45, 7) is 2.22. The smallest absolute Gasteiger partial charge is 0.170 e. The molecule has 1 atom stereocenters. The predicted molar refractivity (Wildman–Crippen MR) is 88.5 cm³/mol. The fraction of sp³-hybridized carbons (Fsp3) is 0.500. The Balaban J connectivity index is 2.15. The van der Waals surface area contributed by atoms with Crippen molar-refractivity contribution in [1.29, 1.82) is 0 Å². The fourth-order valence-corrected chi connectivity index (χ4v) is 4.74. The van der Waals surface area contributed by atoms with E-state index in [1.165, 1.54) is 24.0 Å². The van der Waals surface area contributed by atoms with Crippen molar-refractivity contribution in [3.63, 3.8) is 0 Å². The van der Waals surface area contributed by atoms with Crippen molar-refractivity contribution in [3.8, 4) is 5.75 Å². The lowest BCUT2D eigenvalue weighted by molar-refractivity contribution is -0.115. The van der Waals surface area contributed by atoms with Crippen molar-refractivity contribution in [1.82, 2.24) is 0 Å². The van der Waals surface area contributed by atoms with Crippen LogP contribution in [0.25, 0.3) is 5.57 Å². The molecular weight excluding hydrogens is 328 g/mol. The van der Waals surface area contributed by atoms with E-state index in [1.54, 1.807) is 6.07 Å². The molecule has 0 fully saturated rings. The zero-order valence-electron chi connectivity index (χ0n) is 12.4. The first-order chi connectivity index (χ1) is 10.1. The van der Waals surface area contributed by atoms with E-state index in [0.717, 1.165) is 35.7 Å². The summed E-state index contributed by atoms with van der Waals surface area (Å²) in [5.74, 6) is 0.534. The summed E-state index contributed by atoms with van der Waals surface area (Å²) in [6.07, 6.45) is 7.24. The Bertz CT molecular complexity index is 618. The number of rotatable bonds is 3. The van der Waals surface area contributed by atoms with E-state index in [9.17, 15) is 9.90 Å². The van der Waals surface area contributed by atoms with Crippen molar-refractivity contribution in [2.45, 2.75) is 51.9 Å². The molecule has 0 bridgehead atoms. The lowest BCUT2D eigenvalue weighted by atomic mass is 9.61. The van der Waals surface area contributed by atoms with Gasteiger partial charge in [0.25, 0.3) is 0 Å². The number of carbonyl (C=O) groups is 1. The first kappa shape index (κ1) is 14.8. The molecule has 3 rings (SSSR count). The van der Waals surface area contributed by atoms with E-state index in [1.807, 2.05) is 12.1 Å². The van der Waals surface area contributed by atoms with Gasteiger partial charge in [-0.25, -0.2) is 0 Å². The highest BCUT2D eigenvalue weighted by Crippen LogP contribution is 2.56. The van der Waals surface area contributed by atoms with Gasteiger partial charge in [0.1, 0.15) is 5.75 Å². The molecule has 3 heteroatoms. The van der Waals surface area contributed by atoms with Gasteiger partial charge in [0.2, 0.25) is 0 Å². The summed E-state index contributed by atoms with van der Waals surface area (Å²) < 4.78 is 0.775. The van der Waals surface area contributed by atoms with E-state index in [-0.39, 0.29) is 11.2 Å². The van der Waals surface area contributed by atoms with Crippen molar-refractivity contribution < 1.29 is 9.90 Å². The average Bonchev–Trinajstić information content (AvgIpc) is 2.49. The van der Waals surface area contributed by atoms with Crippen LogP contribution in [0.2, 0.25) is 0 Å². The lowest BCUT2D eigenvalue weighted by Crippen LogP contribution is -2.33. The van der Waals surface area contributed by atoms with Crippen LogP contribution in [0.5, 0.6) is 5.75 Å². The number of ketones is 1. The van der Waals surface area contributed by atoms with Crippen molar-refractivity contribution >= 4 is 27.3 Å². The van der Waals surface area contributed by atoms with E-state index >= 15 is 0 Å². The van der Waals surface area contributed by atoms with Crippen LogP contribution in [0, 0.1) is 5.41 Å².